The van der Waals surface area contributed by atoms with Crippen molar-refractivity contribution >= 4 is 29.0 Å². The average molecular weight is 283 g/mol. The first-order valence-electron chi connectivity index (χ1n) is 5.79. The van der Waals surface area contributed by atoms with Crippen LogP contribution in [0.25, 0.3) is 5.82 Å². The summed E-state index contributed by atoms with van der Waals surface area (Å²) in [4.78, 5) is 4.38. The van der Waals surface area contributed by atoms with Gasteiger partial charge >= 0.3 is 0 Å². The molecule has 0 radical (unpaired) electrons. The highest BCUT2D eigenvalue weighted by Crippen LogP contribution is 2.39. The Kier molecular flexibility index (Phi) is 2.92. The van der Waals surface area contributed by atoms with E-state index in [2.05, 4.69) is 15.4 Å². The molecule has 0 aliphatic heterocycles. The van der Waals surface area contributed by atoms with Crippen molar-refractivity contribution in [2.45, 2.75) is 18.8 Å². The minimum atomic E-state index is 0.490. The fourth-order valence-electron chi connectivity index (χ4n) is 1.85. The van der Waals surface area contributed by atoms with E-state index in [4.69, 9.17) is 23.2 Å². The molecule has 1 saturated carbocycles. The minimum absolute atomic E-state index is 0.490. The Labute approximate surface area is 115 Å². The zero-order valence-electron chi connectivity index (χ0n) is 9.82. The topological polar surface area (TPSA) is 42.7 Å². The number of aromatic nitrogens is 3. The van der Waals surface area contributed by atoms with E-state index in [0.717, 1.165) is 5.69 Å². The second kappa shape index (κ2) is 4.44. The van der Waals surface area contributed by atoms with Crippen LogP contribution in [-0.4, -0.2) is 21.8 Å². The van der Waals surface area contributed by atoms with Crippen LogP contribution < -0.4 is 5.32 Å². The van der Waals surface area contributed by atoms with Crippen molar-refractivity contribution in [3.8, 4) is 5.82 Å². The van der Waals surface area contributed by atoms with E-state index in [1.54, 1.807) is 17.8 Å². The number of hydrogen-bond acceptors (Lipinski definition) is 3. The van der Waals surface area contributed by atoms with Gasteiger partial charge in [0.15, 0.2) is 5.82 Å². The highest BCUT2D eigenvalue weighted by molar-refractivity contribution is 6.36. The zero-order valence-corrected chi connectivity index (χ0v) is 11.3. The third-order valence-corrected chi connectivity index (χ3v) is 3.54. The summed E-state index contributed by atoms with van der Waals surface area (Å²) < 4.78 is 1.70. The third-order valence-electron chi connectivity index (χ3n) is 2.97. The first-order chi connectivity index (χ1) is 8.69. The predicted octanol–water partition coefficient (Wildman–Crippen LogP) is 3.49. The molecule has 0 spiro atoms. The summed E-state index contributed by atoms with van der Waals surface area (Å²) in [5.74, 6) is 1.80. The number of nitrogens with one attached hydrogen (secondary N) is 1. The molecule has 3 rings (SSSR count). The molecule has 6 heteroatoms. The van der Waals surface area contributed by atoms with Crippen LogP contribution in [0.3, 0.4) is 0 Å². The summed E-state index contributed by atoms with van der Waals surface area (Å²) in [6.45, 7) is 0. The van der Waals surface area contributed by atoms with Crippen LogP contribution in [-0.2, 0) is 0 Å². The molecule has 2 aromatic heterocycles. The molecular weight excluding hydrogens is 271 g/mol. The van der Waals surface area contributed by atoms with E-state index < -0.39 is 0 Å². The first-order valence-corrected chi connectivity index (χ1v) is 6.54. The molecular formula is C12H12Cl2N4. The van der Waals surface area contributed by atoms with Gasteiger partial charge in [0.05, 0.1) is 15.7 Å². The normalized spacial score (nSPS) is 14.8. The second-order valence-electron chi connectivity index (χ2n) is 4.33. The maximum Gasteiger partial charge on any atom is 0.174 e. The lowest BCUT2D eigenvalue weighted by Crippen LogP contribution is -2.03. The standard InChI is InChI=1S/C12H12Cl2N4/c1-15-11-8(13)6-9(14)12(16-11)18-5-4-10(17-18)7-2-3-7/h4-7H,2-3H2,1H3,(H,15,16). The van der Waals surface area contributed by atoms with E-state index in [-0.39, 0.29) is 0 Å². The summed E-state index contributed by atoms with van der Waals surface area (Å²) in [5, 5.41) is 8.43. The van der Waals surface area contributed by atoms with Gasteiger partial charge < -0.3 is 5.32 Å². The molecule has 1 fully saturated rings. The Morgan fingerprint density at radius 2 is 2.11 bits per heavy atom. The lowest BCUT2D eigenvalue weighted by molar-refractivity contribution is 0.814. The molecule has 1 N–H and O–H groups in total. The van der Waals surface area contributed by atoms with Gasteiger partial charge in [-0.25, -0.2) is 9.67 Å². The van der Waals surface area contributed by atoms with Gasteiger partial charge in [-0.2, -0.15) is 5.10 Å². The summed E-state index contributed by atoms with van der Waals surface area (Å²) in [7, 11) is 1.77. The van der Waals surface area contributed by atoms with Crippen LogP contribution in [0, 0.1) is 0 Å². The summed E-state index contributed by atoms with van der Waals surface area (Å²) in [6.07, 6.45) is 4.33. The number of halogens is 2. The average Bonchev–Trinajstić information content (AvgIpc) is 3.09. The van der Waals surface area contributed by atoms with Crippen LogP contribution >= 0.6 is 23.2 Å². The highest BCUT2D eigenvalue weighted by Gasteiger charge is 2.26. The van der Waals surface area contributed by atoms with Crippen molar-refractivity contribution in [2.24, 2.45) is 0 Å². The van der Waals surface area contributed by atoms with E-state index >= 15 is 0 Å². The van der Waals surface area contributed by atoms with E-state index in [0.29, 0.717) is 27.6 Å². The van der Waals surface area contributed by atoms with Crippen LogP contribution in [0.1, 0.15) is 24.5 Å². The summed E-state index contributed by atoms with van der Waals surface area (Å²) in [5.41, 5.74) is 1.11. The van der Waals surface area contributed by atoms with Crippen molar-refractivity contribution in [3.05, 3.63) is 34.1 Å². The van der Waals surface area contributed by atoms with Gasteiger partial charge in [-0.3, -0.25) is 0 Å². The molecule has 94 valence electrons. The molecule has 1 aliphatic rings. The Morgan fingerprint density at radius 3 is 2.78 bits per heavy atom. The zero-order chi connectivity index (χ0) is 12.7. The van der Waals surface area contributed by atoms with Crippen molar-refractivity contribution < 1.29 is 0 Å². The van der Waals surface area contributed by atoms with Gasteiger partial charge in [-0.1, -0.05) is 23.2 Å². The van der Waals surface area contributed by atoms with Gasteiger partial charge in [0.2, 0.25) is 0 Å². The van der Waals surface area contributed by atoms with Gasteiger partial charge in [-0.05, 0) is 25.0 Å². The Balaban J connectivity index is 2.03. The molecule has 0 unspecified atom stereocenters. The first kappa shape index (κ1) is 11.8. The highest BCUT2D eigenvalue weighted by atomic mass is 35.5. The Morgan fingerprint density at radius 1 is 1.33 bits per heavy atom. The number of anilines is 1. The lowest BCUT2D eigenvalue weighted by atomic mass is 10.3. The van der Waals surface area contributed by atoms with Gasteiger partial charge in [0.1, 0.15) is 5.82 Å². The molecule has 0 saturated heterocycles. The fourth-order valence-corrected chi connectivity index (χ4v) is 2.39. The Hall–Kier alpha value is -1.26. The third kappa shape index (κ3) is 2.06. The Bertz CT molecular complexity index is 590. The van der Waals surface area contributed by atoms with Crippen LogP contribution in [0.15, 0.2) is 18.3 Å². The quantitative estimate of drug-likeness (QED) is 0.937. The molecule has 0 atom stereocenters. The number of hydrogen-bond donors (Lipinski definition) is 1. The van der Waals surface area contributed by atoms with Crippen molar-refractivity contribution in [2.75, 3.05) is 12.4 Å². The molecule has 0 aromatic carbocycles. The summed E-state index contributed by atoms with van der Waals surface area (Å²) >= 11 is 12.2. The predicted molar refractivity (Wildman–Crippen MR) is 72.9 cm³/mol. The molecule has 2 aromatic rings. The van der Waals surface area contributed by atoms with E-state index in [1.165, 1.54) is 12.8 Å². The van der Waals surface area contributed by atoms with Gasteiger partial charge in [-0.15, -0.1) is 0 Å². The molecule has 2 heterocycles. The molecule has 1 aliphatic carbocycles. The maximum atomic E-state index is 6.16. The number of nitrogens with zero attached hydrogens (tertiary/aromatic N) is 3. The smallest absolute Gasteiger partial charge is 0.174 e. The maximum absolute atomic E-state index is 6.16. The van der Waals surface area contributed by atoms with Crippen LogP contribution in [0.4, 0.5) is 5.82 Å². The summed E-state index contributed by atoms with van der Waals surface area (Å²) in [6, 6.07) is 3.69. The van der Waals surface area contributed by atoms with Crippen LogP contribution in [0.5, 0.6) is 0 Å². The van der Waals surface area contributed by atoms with Crippen molar-refractivity contribution in [1.29, 1.82) is 0 Å². The van der Waals surface area contributed by atoms with Crippen LogP contribution in [0.2, 0.25) is 10.0 Å². The minimum Gasteiger partial charge on any atom is -0.372 e. The second-order valence-corrected chi connectivity index (χ2v) is 5.15. The number of pyridine rings is 1. The molecule has 4 nitrogen and oxygen atoms in total. The molecule has 0 amide bonds. The monoisotopic (exact) mass is 282 g/mol. The van der Waals surface area contributed by atoms with Gasteiger partial charge in [0.25, 0.3) is 0 Å². The van der Waals surface area contributed by atoms with Crippen molar-refractivity contribution in [1.82, 2.24) is 14.8 Å². The van der Waals surface area contributed by atoms with E-state index in [9.17, 15) is 0 Å². The SMILES string of the molecule is CNc1nc(-n2ccc(C3CC3)n2)c(Cl)cc1Cl. The van der Waals surface area contributed by atoms with E-state index in [1.807, 2.05) is 12.3 Å². The van der Waals surface area contributed by atoms with Crippen molar-refractivity contribution in [3.63, 3.8) is 0 Å². The fraction of sp³-hybridized carbons (Fsp3) is 0.333. The number of rotatable bonds is 3. The largest absolute Gasteiger partial charge is 0.372 e. The molecule has 18 heavy (non-hydrogen) atoms. The molecule has 0 bridgehead atoms. The lowest BCUT2D eigenvalue weighted by Gasteiger charge is -2.08. The van der Waals surface area contributed by atoms with Gasteiger partial charge in [0, 0.05) is 19.2 Å².